The number of anilines is 1. The summed E-state index contributed by atoms with van der Waals surface area (Å²) in [7, 11) is 0. The van der Waals surface area contributed by atoms with Crippen molar-refractivity contribution >= 4 is 17.8 Å². The molecule has 0 unspecified atom stereocenters. The number of nitrogens with zero attached hydrogens (tertiary/aromatic N) is 2. The van der Waals surface area contributed by atoms with Gasteiger partial charge in [-0.05, 0) is 13.0 Å². The summed E-state index contributed by atoms with van der Waals surface area (Å²) in [6, 6.07) is 1.20. The van der Waals surface area contributed by atoms with Crippen LogP contribution < -0.4 is 11.1 Å². The number of aryl methyl sites for hydroxylation is 1. The number of rotatable bonds is 2. The van der Waals surface area contributed by atoms with E-state index in [1.54, 1.807) is 13.0 Å². The second-order valence-electron chi connectivity index (χ2n) is 4.61. The topological polar surface area (TPSA) is 117 Å². The molecule has 20 heavy (non-hydrogen) atoms. The van der Waals surface area contributed by atoms with Crippen LogP contribution >= 0.6 is 0 Å². The van der Waals surface area contributed by atoms with Crippen molar-refractivity contribution in [2.24, 2.45) is 5.73 Å². The number of urea groups is 1. The molecule has 0 saturated heterocycles. The summed E-state index contributed by atoms with van der Waals surface area (Å²) in [6.45, 7) is 2.48. The second-order valence-corrected chi connectivity index (χ2v) is 4.61. The van der Waals surface area contributed by atoms with Gasteiger partial charge in [0.05, 0.1) is 25.0 Å². The van der Waals surface area contributed by atoms with Crippen molar-refractivity contribution in [1.82, 2.24) is 15.1 Å². The van der Waals surface area contributed by atoms with Crippen LogP contribution in [0, 0.1) is 6.92 Å². The number of carbonyl (C=O) groups excluding carboxylic acids is 2. The minimum Gasteiger partial charge on any atom is -0.459 e. The second kappa shape index (κ2) is 4.41. The van der Waals surface area contributed by atoms with Gasteiger partial charge in [-0.25, -0.2) is 4.79 Å². The number of aromatic nitrogens is 2. The zero-order valence-electron chi connectivity index (χ0n) is 10.8. The lowest BCUT2D eigenvalue weighted by Crippen LogP contribution is -2.31. The van der Waals surface area contributed by atoms with E-state index in [1.807, 2.05) is 0 Å². The Kier molecular flexibility index (Phi) is 2.70. The molecule has 8 nitrogen and oxygen atoms in total. The first-order valence-corrected chi connectivity index (χ1v) is 6.02. The molecular formula is C12H13N5O3. The van der Waals surface area contributed by atoms with E-state index in [0.29, 0.717) is 18.9 Å². The molecule has 0 aliphatic carbocycles. The molecule has 3 rings (SSSR count). The molecule has 2 aromatic heterocycles. The van der Waals surface area contributed by atoms with E-state index in [-0.39, 0.29) is 11.7 Å². The number of carbonyl (C=O) groups is 2. The fourth-order valence-electron chi connectivity index (χ4n) is 2.17. The molecule has 8 heteroatoms. The smallest absolute Gasteiger partial charge is 0.315 e. The highest BCUT2D eigenvalue weighted by atomic mass is 16.3. The van der Waals surface area contributed by atoms with Crippen molar-refractivity contribution in [3.8, 4) is 0 Å². The van der Waals surface area contributed by atoms with Crippen LogP contribution in [0.15, 0.2) is 16.7 Å². The number of primary amides is 1. The normalized spacial score (nSPS) is 13.3. The Bertz CT molecular complexity index is 687. The SMILES string of the molecule is Cc1ccoc1C(=O)Nc1n[nH]c2c1CN(C(N)=O)C2. The molecular weight excluding hydrogens is 262 g/mol. The third-order valence-electron chi connectivity index (χ3n) is 3.26. The molecule has 0 saturated carbocycles. The minimum atomic E-state index is -0.506. The largest absolute Gasteiger partial charge is 0.459 e. The molecule has 1 aliphatic rings. The first-order valence-electron chi connectivity index (χ1n) is 6.02. The van der Waals surface area contributed by atoms with Gasteiger partial charge in [-0.1, -0.05) is 0 Å². The van der Waals surface area contributed by atoms with Gasteiger partial charge in [0, 0.05) is 11.1 Å². The first kappa shape index (κ1) is 12.3. The molecule has 4 N–H and O–H groups in total. The maximum absolute atomic E-state index is 12.0. The number of aromatic amines is 1. The van der Waals surface area contributed by atoms with Crippen molar-refractivity contribution < 1.29 is 14.0 Å². The van der Waals surface area contributed by atoms with Crippen molar-refractivity contribution in [2.75, 3.05) is 5.32 Å². The zero-order valence-corrected chi connectivity index (χ0v) is 10.8. The average molecular weight is 275 g/mol. The van der Waals surface area contributed by atoms with Gasteiger partial charge in [0.15, 0.2) is 11.6 Å². The van der Waals surface area contributed by atoms with Crippen molar-refractivity contribution in [3.63, 3.8) is 0 Å². The van der Waals surface area contributed by atoms with E-state index >= 15 is 0 Å². The van der Waals surface area contributed by atoms with Crippen molar-refractivity contribution in [3.05, 3.63) is 34.9 Å². The quantitative estimate of drug-likeness (QED) is 0.756. The summed E-state index contributed by atoms with van der Waals surface area (Å²) < 4.78 is 5.12. The van der Waals surface area contributed by atoms with Crippen LogP contribution in [0.4, 0.5) is 10.6 Å². The maximum atomic E-state index is 12.0. The Labute approximate surface area is 113 Å². The molecule has 3 amide bonds. The molecule has 3 heterocycles. The van der Waals surface area contributed by atoms with Crippen LogP contribution in [-0.2, 0) is 13.1 Å². The van der Waals surface area contributed by atoms with Gasteiger partial charge in [0.25, 0.3) is 5.91 Å². The summed E-state index contributed by atoms with van der Waals surface area (Å²) in [6.07, 6.45) is 1.45. The molecule has 0 radical (unpaired) electrons. The summed E-state index contributed by atoms with van der Waals surface area (Å²) in [5, 5.41) is 9.50. The standard InChI is InChI=1S/C12H13N5O3/c1-6-2-3-20-9(6)11(18)14-10-7-4-17(12(13)19)5-8(7)15-16-10/h2-3H,4-5H2,1H3,(H2,13,19)(H2,14,15,16,18). The van der Waals surface area contributed by atoms with Crippen LogP contribution in [0.25, 0.3) is 0 Å². The number of nitrogens with two attached hydrogens (primary N) is 1. The lowest BCUT2D eigenvalue weighted by atomic mass is 10.2. The Balaban J connectivity index is 1.80. The zero-order chi connectivity index (χ0) is 14.3. The minimum absolute atomic E-state index is 0.242. The van der Waals surface area contributed by atoms with E-state index in [0.717, 1.165) is 16.8 Å². The lowest BCUT2D eigenvalue weighted by Gasteiger charge is -2.11. The predicted octanol–water partition coefficient (Wildman–Crippen LogP) is 0.958. The summed E-state index contributed by atoms with van der Waals surface area (Å²) in [5.41, 5.74) is 7.52. The fourth-order valence-corrected chi connectivity index (χ4v) is 2.17. The van der Waals surface area contributed by atoms with Gasteiger partial charge in [0.1, 0.15) is 0 Å². The van der Waals surface area contributed by atoms with Gasteiger partial charge < -0.3 is 20.4 Å². The van der Waals surface area contributed by atoms with E-state index < -0.39 is 6.03 Å². The monoisotopic (exact) mass is 275 g/mol. The number of furan rings is 1. The molecule has 0 atom stereocenters. The highest BCUT2D eigenvalue weighted by molar-refractivity contribution is 6.03. The van der Waals surface area contributed by atoms with E-state index in [2.05, 4.69) is 15.5 Å². The number of fused-ring (bicyclic) bond motifs is 1. The van der Waals surface area contributed by atoms with Gasteiger partial charge in [-0.3, -0.25) is 9.89 Å². The van der Waals surface area contributed by atoms with Crippen molar-refractivity contribution in [1.29, 1.82) is 0 Å². The Morgan fingerprint density at radius 2 is 2.30 bits per heavy atom. The van der Waals surface area contributed by atoms with Crippen molar-refractivity contribution in [2.45, 2.75) is 20.0 Å². The van der Waals surface area contributed by atoms with E-state index in [4.69, 9.17) is 10.2 Å². The predicted molar refractivity (Wildman–Crippen MR) is 68.8 cm³/mol. The van der Waals surface area contributed by atoms with Crippen LogP contribution in [0.5, 0.6) is 0 Å². The van der Waals surface area contributed by atoms with E-state index in [1.165, 1.54) is 11.2 Å². The third-order valence-corrected chi connectivity index (χ3v) is 3.26. The van der Waals surface area contributed by atoms with Crippen LogP contribution in [0.1, 0.15) is 27.4 Å². The Morgan fingerprint density at radius 1 is 1.50 bits per heavy atom. The summed E-state index contributed by atoms with van der Waals surface area (Å²) in [5.74, 6) is 0.260. The molecule has 0 spiro atoms. The lowest BCUT2D eigenvalue weighted by molar-refractivity contribution is 0.0995. The molecule has 0 fully saturated rings. The Hall–Kier alpha value is -2.77. The highest BCUT2D eigenvalue weighted by Gasteiger charge is 2.28. The van der Waals surface area contributed by atoms with E-state index in [9.17, 15) is 9.59 Å². The first-order chi connectivity index (χ1) is 9.56. The number of H-pyrrole nitrogens is 1. The average Bonchev–Trinajstić information content (AvgIpc) is 3.05. The maximum Gasteiger partial charge on any atom is 0.315 e. The summed E-state index contributed by atoms with van der Waals surface area (Å²) in [4.78, 5) is 24.6. The molecule has 0 aromatic carbocycles. The fraction of sp³-hybridized carbons (Fsp3) is 0.250. The van der Waals surface area contributed by atoms with Crippen LogP contribution in [0.3, 0.4) is 0 Å². The van der Waals surface area contributed by atoms with Gasteiger partial charge in [-0.2, -0.15) is 5.10 Å². The van der Waals surface area contributed by atoms with Gasteiger partial charge in [-0.15, -0.1) is 0 Å². The summed E-state index contributed by atoms with van der Waals surface area (Å²) >= 11 is 0. The Morgan fingerprint density at radius 3 is 2.95 bits per heavy atom. The number of hydrogen-bond acceptors (Lipinski definition) is 4. The van der Waals surface area contributed by atoms with Crippen LogP contribution in [0.2, 0.25) is 0 Å². The highest BCUT2D eigenvalue weighted by Crippen LogP contribution is 2.27. The third kappa shape index (κ3) is 1.91. The molecule has 2 aromatic rings. The number of hydrogen-bond donors (Lipinski definition) is 3. The molecule has 0 bridgehead atoms. The van der Waals surface area contributed by atoms with Gasteiger partial charge >= 0.3 is 6.03 Å². The van der Waals surface area contributed by atoms with Crippen LogP contribution in [-0.4, -0.2) is 27.0 Å². The molecule has 1 aliphatic heterocycles. The number of nitrogens with one attached hydrogen (secondary N) is 2. The molecule has 104 valence electrons. The number of amides is 3. The van der Waals surface area contributed by atoms with Gasteiger partial charge in [0.2, 0.25) is 0 Å².